The highest BCUT2D eigenvalue weighted by molar-refractivity contribution is 9.10. The van der Waals surface area contributed by atoms with Gasteiger partial charge in [0.1, 0.15) is 23.5 Å². The minimum absolute atomic E-state index is 0.00742. The van der Waals surface area contributed by atoms with E-state index < -0.39 is 0 Å². The van der Waals surface area contributed by atoms with E-state index >= 15 is 0 Å². The minimum Gasteiger partial charge on any atom is -0.382 e. The van der Waals surface area contributed by atoms with Crippen molar-refractivity contribution in [3.63, 3.8) is 0 Å². The molecule has 0 saturated heterocycles. The first-order valence-corrected chi connectivity index (χ1v) is 5.89. The lowest BCUT2D eigenvalue weighted by molar-refractivity contribution is 1.18. The van der Waals surface area contributed by atoms with Gasteiger partial charge in [0.2, 0.25) is 5.95 Å². The van der Waals surface area contributed by atoms with Gasteiger partial charge in [-0.05, 0) is 28.1 Å². The maximum absolute atomic E-state index is 9.11. The molecule has 92 valence electrons. The summed E-state index contributed by atoms with van der Waals surface area (Å²) in [5, 5.41) is 18.0. The van der Waals surface area contributed by atoms with Gasteiger partial charge in [0, 0.05) is 10.0 Å². The van der Waals surface area contributed by atoms with Crippen molar-refractivity contribution in [2.45, 2.75) is 0 Å². The normalized spacial score (nSPS) is 9.63. The molecule has 0 unspecified atom stereocenters. The molecule has 2 rings (SSSR count). The van der Waals surface area contributed by atoms with Crippen molar-refractivity contribution in [2.75, 3.05) is 11.5 Å². The van der Waals surface area contributed by atoms with Crippen molar-refractivity contribution in [3.8, 4) is 23.4 Å². The van der Waals surface area contributed by atoms with E-state index in [1.54, 1.807) is 18.2 Å². The Labute approximate surface area is 117 Å². The summed E-state index contributed by atoms with van der Waals surface area (Å²) < 4.78 is 0.604. The number of hydrogen-bond acceptors (Lipinski definition) is 6. The number of nitrogens with two attached hydrogens (primary N) is 2. The van der Waals surface area contributed by atoms with Gasteiger partial charge in [-0.1, -0.05) is 6.07 Å². The topological polar surface area (TPSA) is 125 Å². The van der Waals surface area contributed by atoms with Crippen molar-refractivity contribution < 1.29 is 0 Å². The van der Waals surface area contributed by atoms with E-state index in [4.69, 9.17) is 22.0 Å². The summed E-state index contributed by atoms with van der Waals surface area (Å²) in [6.45, 7) is 0. The molecule has 0 aliphatic carbocycles. The smallest absolute Gasteiger partial charge is 0.222 e. The molecule has 19 heavy (non-hydrogen) atoms. The molecule has 0 spiro atoms. The number of nitriles is 2. The highest BCUT2D eigenvalue weighted by Gasteiger charge is 2.14. The average molecular weight is 315 g/mol. The molecule has 1 heterocycles. The Morgan fingerprint density at radius 2 is 1.84 bits per heavy atom. The number of benzene rings is 1. The maximum Gasteiger partial charge on any atom is 0.222 e. The summed E-state index contributed by atoms with van der Waals surface area (Å²) in [4.78, 5) is 7.78. The lowest BCUT2D eigenvalue weighted by Gasteiger charge is -2.07. The van der Waals surface area contributed by atoms with Gasteiger partial charge >= 0.3 is 0 Å². The van der Waals surface area contributed by atoms with E-state index in [1.165, 1.54) is 0 Å². The monoisotopic (exact) mass is 314 g/mol. The molecule has 0 saturated carbocycles. The molecule has 0 atom stereocenters. The number of aromatic nitrogens is 2. The molecule has 1 aromatic heterocycles. The lowest BCUT2D eigenvalue weighted by Crippen LogP contribution is -2.05. The molecule has 2 aromatic rings. The average Bonchev–Trinajstić information content (AvgIpc) is 2.37. The zero-order chi connectivity index (χ0) is 14.0. The molecule has 1 aromatic carbocycles. The Kier molecular flexibility index (Phi) is 3.32. The quantitative estimate of drug-likeness (QED) is 0.826. The SMILES string of the molecule is N#Cc1ccc(-c2nc(N)nc(N)c2C#N)cc1Br. The first-order chi connectivity index (χ1) is 9.06. The van der Waals surface area contributed by atoms with Crippen molar-refractivity contribution in [1.29, 1.82) is 10.5 Å². The van der Waals surface area contributed by atoms with Crippen molar-refractivity contribution in [2.24, 2.45) is 0 Å². The highest BCUT2D eigenvalue weighted by Crippen LogP contribution is 2.28. The van der Waals surface area contributed by atoms with Gasteiger partial charge in [0.05, 0.1) is 11.3 Å². The van der Waals surface area contributed by atoms with Crippen LogP contribution in [0.15, 0.2) is 22.7 Å². The fraction of sp³-hybridized carbons (Fsp3) is 0. The number of nitrogens with zero attached hydrogens (tertiary/aromatic N) is 4. The van der Waals surface area contributed by atoms with Crippen LogP contribution in [0.2, 0.25) is 0 Å². The first-order valence-electron chi connectivity index (χ1n) is 5.10. The molecule has 0 aliphatic rings. The summed E-state index contributed by atoms with van der Waals surface area (Å²) in [6, 6.07) is 8.96. The third-order valence-corrected chi connectivity index (χ3v) is 3.09. The van der Waals surface area contributed by atoms with Gasteiger partial charge in [-0.15, -0.1) is 0 Å². The van der Waals surface area contributed by atoms with E-state index in [2.05, 4.69) is 25.9 Å². The van der Waals surface area contributed by atoms with Crippen LogP contribution >= 0.6 is 15.9 Å². The molecular weight excluding hydrogens is 308 g/mol. The van der Waals surface area contributed by atoms with E-state index in [0.717, 1.165) is 0 Å². The van der Waals surface area contributed by atoms with Crippen molar-refractivity contribution in [3.05, 3.63) is 33.8 Å². The van der Waals surface area contributed by atoms with Crippen LogP contribution in [0.4, 0.5) is 11.8 Å². The first kappa shape index (κ1) is 12.8. The third-order valence-electron chi connectivity index (χ3n) is 2.43. The largest absolute Gasteiger partial charge is 0.382 e. The van der Waals surface area contributed by atoms with Gasteiger partial charge in [0.15, 0.2) is 0 Å². The van der Waals surface area contributed by atoms with E-state index in [9.17, 15) is 0 Å². The number of anilines is 2. The van der Waals surface area contributed by atoms with Crippen LogP contribution in [-0.4, -0.2) is 9.97 Å². The second-order valence-corrected chi connectivity index (χ2v) is 4.46. The summed E-state index contributed by atoms with van der Waals surface area (Å²) in [5.41, 5.74) is 12.8. The van der Waals surface area contributed by atoms with Crippen molar-refractivity contribution >= 4 is 27.7 Å². The summed E-state index contributed by atoms with van der Waals surface area (Å²) >= 11 is 3.28. The number of hydrogen-bond donors (Lipinski definition) is 2. The van der Waals surface area contributed by atoms with Crippen LogP contribution in [0.3, 0.4) is 0 Å². The maximum atomic E-state index is 9.11. The molecule has 0 fully saturated rings. The molecule has 0 bridgehead atoms. The third kappa shape index (κ3) is 2.32. The zero-order valence-corrected chi connectivity index (χ0v) is 11.1. The second-order valence-electron chi connectivity index (χ2n) is 3.61. The molecule has 6 nitrogen and oxygen atoms in total. The number of rotatable bonds is 1. The molecule has 0 amide bonds. The standard InChI is InChI=1S/C12H7BrN6/c13-9-3-6(1-2-7(9)4-14)10-8(5-15)11(16)19-12(17)18-10/h1-3H,(H4,16,17,18,19). The van der Waals surface area contributed by atoms with E-state index in [-0.39, 0.29) is 17.3 Å². The van der Waals surface area contributed by atoms with Crippen LogP contribution in [-0.2, 0) is 0 Å². The number of nitrogen functional groups attached to an aromatic ring is 2. The van der Waals surface area contributed by atoms with Crippen LogP contribution in [0.1, 0.15) is 11.1 Å². The fourth-order valence-corrected chi connectivity index (χ4v) is 2.04. The van der Waals surface area contributed by atoms with Crippen LogP contribution in [0.5, 0.6) is 0 Å². The minimum atomic E-state index is -0.00742. The van der Waals surface area contributed by atoms with Crippen LogP contribution in [0, 0.1) is 22.7 Å². The molecular formula is C12H7BrN6. The van der Waals surface area contributed by atoms with Crippen LogP contribution < -0.4 is 11.5 Å². The molecule has 0 aliphatic heterocycles. The molecule has 7 heteroatoms. The summed E-state index contributed by atoms with van der Waals surface area (Å²) in [5.74, 6) is 0.0254. The van der Waals surface area contributed by atoms with Gasteiger partial charge in [-0.25, -0.2) is 4.98 Å². The lowest BCUT2D eigenvalue weighted by atomic mass is 10.1. The van der Waals surface area contributed by atoms with Gasteiger partial charge < -0.3 is 11.5 Å². The van der Waals surface area contributed by atoms with E-state index in [0.29, 0.717) is 21.3 Å². The highest BCUT2D eigenvalue weighted by atomic mass is 79.9. The summed E-state index contributed by atoms with van der Waals surface area (Å²) in [7, 11) is 0. The van der Waals surface area contributed by atoms with Gasteiger partial charge in [-0.2, -0.15) is 15.5 Å². The Bertz CT molecular complexity index is 741. The molecule has 4 N–H and O–H groups in total. The fourth-order valence-electron chi connectivity index (χ4n) is 1.57. The predicted molar refractivity (Wildman–Crippen MR) is 73.4 cm³/mol. The van der Waals surface area contributed by atoms with Crippen LogP contribution in [0.25, 0.3) is 11.3 Å². The van der Waals surface area contributed by atoms with Crippen molar-refractivity contribution in [1.82, 2.24) is 9.97 Å². The van der Waals surface area contributed by atoms with Gasteiger partial charge in [-0.3, -0.25) is 0 Å². The predicted octanol–water partition coefficient (Wildman–Crippen LogP) is 1.81. The van der Waals surface area contributed by atoms with Gasteiger partial charge in [0.25, 0.3) is 0 Å². The Balaban J connectivity index is 2.70. The number of halogens is 1. The van der Waals surface area contributed by atoms with E-state index in [1.807, 2.05) is 12.1 Å². The second kappa shape index (κ2) is 4.92. The Hall–Kier alpha value is -2.64. The Morgan fingerprint density at radius 3 is 2.42 bits per heavy atom. The molecule has 0 radical (unpaired) electrons. The summed E-state index contributed by atoms with van der Waals surface area (Å²) in [6.07, 6.45) is 0. The zero-order valence-electron chi connectivity index (χ0n) is 9.55. The Morgan fingerprint density at radius 1 is 1.11 bits per heavy atom.